The number of rotatable bonds is 9. The number of imide groups is 1. The summed E-state index contributed by atoms with van der Waals surface area (Å²) in [4.78, 5) is 68.1. The van der Waals surface area contributed by atoms with Gasteiger partial charge < -0.3 is 24.9 Å². The number of carboxylic acid groups (broad SMARTS) is 1. The second-order valence-corrected chi connectivity index (χ2v) is 13.8. The van der Waals surface area contributed by atoms with Crippen LogP contribution in [0.4, 0.5) is 5.69 Å². The van der Waals surface area contributed by atoms with Gasteiger partial charge in [0.05, 0.1) is 30.4 Å². The number of benzene rings is 2. The number of anilines is 1. The number of thiazole rings is 1. The van der Waals surface area contributed by atoms with Crippen LogP contribution in [-0.4, -0.2) is 64.2 Å². The summed E-state index contributed by atoms with van der Waals surface area (Å²) in [7, 11) is 1.57. The fraction of sp³-hybridized carbons (Fsp3) is 0.387. The molecule has 4 aliphatic rings. The van der Waals surface area contributed by atoms with Crippen molar-refractivity contribution in [1.82, 2.24) is 9.88 Å². The van der Waals surface area contributed by atoms with Gasteiger partial charge in [0.25, 0.3) is 5.91 Å². The molecule has 3 heterocycles. The van der Waals surface area contributed by atoms with Gasteiger partial charge in [-0.2, -0.15) is 0 Å². The summed E-state index contributed by atoms with van der Waals surface area (Å²) in [6, 6.07) is 14.5. The SMILES string of the molecule is COc1ccc(NC(=O)COc2cccc([C@H]3c4sc(=O)[nH]c4SC4C5CC(C6C(=O)N(CCC(=O)O)C(=O)C56)C43)c2)cc1. The quantitative estimate of drug-likeness (QED) is 0.300. The van der Waals surface area contributed by atoms with Gasteiger partial charge in [0.15, 0.2) is 6.61 Å². The number of likely N-dealkylation sites (tertiary alicyclic amines) is 1. The Morgan fingerprint density at radius 3 is 2.52 bits per heavy atom. The molecule has 3 amide bonds. The van der Waals surface area contributed by atoms with Gasteiger partial charge in [-0.3, -0.25) is 28.9 Å². The number of ether oxygens (including phenoxy) is 2. The fourth-order valence-corrected chi connectivity index (χ4v) is 10.6. The number of aliphatic carboxylic acids is 1. The summed E-state index contributed by atoms with van der Waals surface area (Å²) < 4.78 is 11.0. The first kappa shape index (κ1) is 28.7. The Labute approximate surface area is 259 Å². The van der Waals surface area contributed by atoms with Crippen molar-refractivity contribution in [2.24, 2.45) is 29.6 Å². The van der Waals surface area contributed by atoms with E-state index in [1.165, 1.54) is 0 Å². The molecule has 11 nitrogen and oxygen atoms in total. The number of nitrogens with zero attached hydrogens (tertiary/aromatic N) is 1. The Hall–Kier alpha value is -4.10. The lowest BCUT2D eigenvalue weighted by atomic mass is 9.68. The van der Waals surface area contributed by atoms with E-state index in [1.807, 2.05) is 18.2 Å². The van der Waals surface area contributed by atoms with E-state index < -0.39 is 17.8 Å². The van der Waals surface area contributed by atoms with Crippen molar-refractivity contribution in [3.05, 3.63) is 68.6 Å². The van der Waals surface area contributed by atoms with Crippen LogP contribution in [0.2, 0.25) is 0 Å². The van der Waals surface area contributed by atoms with Crippen LogP contribution in [0.1, 0.15) is 29.2 Å². The number of H-pyrrole nitrogens is 1. The smallest absolute Gasteiger partial charge is 0.305 e. The number of hydrogen-bond donors (Lipinski definition) is 3. The van der Waals surface area contributed by atoms with Gasteiger partial charge in [-0.05, 0) is 66.1 Å². The second kappa shape index (κ2) is 11.1. The zero-order valence-corrected chi connectivity index (χ0v) is 25.2. The van der Waals surface area contributed by atoms with Crippen LogP contribution in [0, 0.1) is 29.6 Å². The largest absolute Gasteiger partial charge is 0.497 e. The Kier molecular flexibility index (Phi) is 7.24. The van der Waals surface area contributed by atoms with Crippen LogP contribution in [0.15, 0.2) is 58.4 Å². The third-order valence-electron chi connectivity index (χ3n) is 9.33. The Balaban J connectivity index is 1.14. The number of aromatic nitrogens is 1. The lowest BCUT2D eigenvalue weighted by molar-refractivity contribution is -0.142. The summed E-state index contributed by atoms with van der Waals surface area (Å²) in [5.41, 5.74) is 1.53. The average molecular weight is 636 g/mol. The van der Waals surface area contributed by atoms with E-state index in [2.05, 4.69) is 10.3 Å². The molecule has 228 valence electrons. The van der Waals surface area contributed by atoms with Crippen molar-refractivity contribution < 1.29 is 33.8 Å². The number of carbonyl (C=O) groups is 4. The lowest BCUT2D eigenvalue weighted by Gasteiger charge is -2.43. The van der Waals surface area contributed by atoms with Gasteiger partial charge in [-0.1, -0.05) is 23.5 Å². The fourth-order valence-electron chi connectivity index (χ4n) is 7.70. The van der Waals surface area contributed by atoms with E-state index in [0.717, 1.165) is 38.1 Å². The highest BCUT2D eigenvalue weighted by atomic mass is 32.2. The van der Waals surface area contributed by atoms with Gasteiger partial charge in [0.1, 0.15) is 11.5 Å². The van der Waals surface area contributed by atoms with Gasteiger partial charge in [-0.15, -0.1) is 11.8 Å². The van der Waals surface area contributed by atoms with E-state index in [9.17, 15) is 24.0 Å². The molecule has 7 atom stereocenters. The Bertz CT molecular complexity index is 1720. The first-order valence-corrected chi connectivity index (χ1v) is 16.1. The molecule has 13 heteroatoms. The molecule has 3 aromatic rings. The minimum Gasteiger partial charge on any atom is -0.497 e. The van der Waals surface area contributed by atoms with Gasteiger partial charge in [0, 0.05) is 28.3 Å². The molecule has 6 unspecified atom stereocenters. The zero-order chi connectivity index (χ0) is 30.7. The molecular weight excluding hydrogens is 606 g/mol. The molecule has 3 fully saturated rings. The van der Waals surface area contributed by atoms with Crippen molar-refractivity contribution in [3.8, 4) is 11.5 Å². The van der Waals surface area contributed by atoms with Crippen LogP contribution in [-0.2, 0) is 19.2 Å². The molecule has 2 aliphatic carbocycles. The van der Waals surface area contributed by atoms with Crippen LogP contribution in [0.25, 0.3) is 0 Å². The molecule has 3 N–H and O–H groups in total. The minimum absolute atomic E-state index is 0.00463. The van der Waals surface area contributed by atoms with Crippen molar-refractivity contribution in [2.75, 3.05) is 25.6 Å². The molecule has 44 heavy (non-hydrogen) atoms. The van der Waals surface area contributed by atoms with Gasteiger partial charge >= 0.3 is 10.8 Å². The standard InChI is InChI=1S/C31H29N3O8S2/c1-41-16-7-5-15(6-8-16)32-20(35)13-42-17-4-2-3-14(11-17)22-23-18-12-19(26(23)43-28-27(22)44-31(40)33-28)25-24(18)29(38)34(30(25)39)10-9-21(36)37/h2-8,11,18-19,22-26H,9-10,12-13H2,1H3,(H,32,35)(H,33,40)(H,36,37)/t18?,19?,22-,23?,24?,25?,26?/m1/s1. The maximum absolute atomic E-state index is 13.5. The van der Waals surface area contributed by atoms with Crippen molar-refractivity contribution in [1.29, 1.82) is 0 Å². The minimum atomic E-state index is -1.05. The molecule has 1 saturated heterocycles. The predicted octanol–water partition coefficient (Wildman–Crippen LogP) is 3.41. The molecule has 0 spiro atoms. The van der Waals surface area contributed by atoms with E-state index in [0.29, 0.717) is 17.2 Å². The van der Waals surface area contributed by atoms with E-state index in [-0.39, 0.29) is 71.1 Å². The number of carboxylic acids is 1. The Morgan fingerprint density at radius 2 is 1.80 bits per heavy atom. The average Bonchev–Trinajstić information content (AvgIpc) is 3.74. The van der Waals surface area contributed by atoms with Crippen molar-refractivity contribution in [3.63, 3.8) is 0 Å². The van der Waals surface area contributed by atoms with Crippen LogP contribution < -0.4 is 19.7 Å². The molecule has 1 aromatic heterocycles. The monoisotopic (exact) mass is 635 g/mol. The maximum Gasteiger partial charge on any atom is 0.305 e. The van der Waals surface area contributed by atoms with Gasteiger partial charge in [0.2, 0.25) is 11.8 Å². The summed E-state index contributed by atoms with van der Waals surface area (Å²) in [5.74, 6) is -2.01. The van der Waals surface area contributed by atoms with E-state index >= 15 is 0 Å². The molecule has 7 rings (SSSR count). The highest BCUT2D eigenvalue weighted by molar-refractivity contribution is 8.00. The van der Waals surface area contributed by atoms with Crippen molar-refractivity contribution in [2.45, 2.75) is 29.0 Å². The molecular formula is C31H29N3O8S2. The maximum atomic E-state index is 13.5. The molecule has 2 aromatic carbocycles. The first-order valence-electron chi connectivity index (χ1n) is 14.4. The van der Waals surface area contributed by atoms with Crippen LogP contribution in [0.5, 0.6) is 11.5 Å². The van der Waals surface area contributed by atoms with E-state index in [1.54, 1.807) is 49.2 Å². The second-order valence-electron chi connectivity index (χ2n) is 11.6. The van der Waals surface area contributed by atoms with Crippen molar-refractivity contribution >= 4 is 52.5 Å². The number of nitrogens with one attached hydrogen (secondary N) is 2. The third kappa shape index (κ3) is 4.78. The summed E-state index contributed by atoms with van der Waals surface area (Å²) in [6.45, 7) is -0.320. The number of methoxy groups -OCH3 is 1. The zero-order valence-electron chi connectivity index (χ0n) is 23.6. The van der Waals surface area contributed by atoms with Crippen LogP contribution in [0.3, 0.4) is 0 Å². The molecule has 2 saturated carbocycles. The molecule has 2 bridgehead atoms. The topological polar surface area (TPSA) is 155 Å². The normalized spacial score (nSPS) is 27.9. The highest BCUT2D eigenvalue weighted by Gasteiger charge is 2.69. The van der Waals surface area contributed by atoms with Crippen LogP contribution >= 0.6 is 23.1 Å². The lowest BCUT2D eigenvalue weighted by Crippen LogP contribution is -2.42. The molecule has 2 aliphatic heterocycles. The number of carbonyl (C=O) groups excluding carboxylic acids is 3. The van der Waals surface area contributed by atoms with E-state index in [4.69, 9.17) is 14.6 Å². The Morgan fingerprint density at radius 1 is 1.05 bits per heavy atom. The summed E-state index contributed by atoms with van der Waals surface area (Å²) in [6.07, 6.45) is 0.458. The predicted molar refractivity (Wildman–Crippen MR) is 161 cm³/mol. The number of amides is 3. The highest BCUT2D eigenvalue weighted by Crippen LogP contribution is 2.68. The number of fused-ring (bicyclic) bond motifs is 9. The summed E-state index contributed by atoms with van der Waals surface area (Å²) >= 11 is 2.75. The number of thioether (sulfide) groups is 1. The molecule has 0 radical (unpaired) electrons. The first-order chi connectivity index (χ1) is 21.2. The third-order valence-corrected chi connectivity index (χ3v) is 11.9. The number of hydrogen-bond acceptors (Lipinski definition) is 9. The summed E-state index contributed by atoms with van der Waals surface area (Å²) in [5, 5.41) is 12.8. The number of aromatic amines is 1. The van der Waals surface area contributed by atoms with Gasteiger partial charge in [-0.25, -0.2) is 0 Å².